The van der Waals surface area contributed by atoms with Crippen LogP contribution < -0.4 is 5.32 Å². The summed E-state index contributed by atoms with van der Waals surface area (Å²) < 4.78 is 5.83. The van der Waals surface area contributed by atoms with Crippen LogP contribution in [0, 0.1) is 11.8 Å². The molecule has 1 fully saturated rings. The Kier molecular flexibility index (Phi) is 5.87. The fraction of sp³-hybridized carbons (Fsp3) is 0.857. The standard InChI is InChI=1S/C14H25NO/c1-4-6-7-10-13(15-5-2)14(16-3)11-8-9-12-14/h13,15H,5,7-12H2,1-3H3. The molecule has 0 aromatic carbocycles. The van der Waals surface area contributed by atoms with Crippen molar-refractivity contribution >= 4 is 0 Å². The predicted octanol–water partition coefficient (Wildman–Crippen LogP) is 2.73. The van der Waals surface area contributed by atoms with Crippen molar-refractivity contribution in [1.82, 2.24) is 5.32 Å². The molecule has 0 bridgehead atoms. The largest absolute Gasteiger partial charge is 0.377 e. The van der Waals surface area contributed by atoms with Gasteiger partial charge in [-0.15, -0.1) is 11.8 Å². The first-order valence-electron chi connectivity index (χ1n) is 6.47. The molecule has 1 N–H and O–H groups in total. The highest BCUT2D eigenvalue weighted by atomic mass is 16.5. The molecule has 1 aliphatic carbocycles. The zero-order chi connectivity index (χ0) is 11.9. The van der Waals surface area contributed by atoms with Gasteiger partial charge in [-0.05, 0) is 32.7 Å². The van der Waals surface area contributed by atoms with Crippen molar-refractivity contribution in [3.8, 4) is 11.8 Å². The fourth-order valence-corrected chi connectivity index (χ4v) is 2.81. The summed E-state index contributed by atoms with van der Waals surface area (Å²) in [5.41, 5.74) is 0.0748. The van der Waals surface area contributed by atoms with E-state index in [1.807, 2.05) is 14.0 Å². The van der Waals surface area contributed by atoms with Crippen LogP contribution >= 0.6 is 0 Å². The van der Waals surface area contributed by atoms with E-state index >= 15 is 0 Å². The van der Waals surface area contributed by atoms with Gasteiger partial charge < -0.3 is 10.1 Å². The first-order valence-corrected chi connectivity index (χ1v) is 6.47. The van der Waals surface area contributed by atoms with E-state index in [0.29, 0.717) is 6.04 Å². The Morgan fingerprint density at radius 1 is 1.38 bits per heavy atom. The SMILES string of the molecule is CC#CCCC(NCC)C1(OC)CCCC1. The number of rotatable bonds is 6. The summed E-state index contributed by atoms with van der Waals surface area (Å²) in [5, 5.41) is 3.58. The molecular formula is C14H25NO. The molecule has 1 rings (SSSR count). The fourth-order valence-electron chi connectivity index (χ4n) is 2.81. The van der Waals surface area contributed by atoms with Gasteiger partial charge in [0.05, 0.1) is 5.60 Å². The van der Waals surface area contributed by atoms with Crippen LogP contribution in [0.1, 0.15) is 52.4 Å². The van der Waals surface area contributed by atoms with E-state index < -0.39 is 0 Å². The molecule has 1 aliphatic rings. The molecule has 16 heavy (non-hydrogen) atoms. The van der Waals surface area contributed by atoms with Gasteiger partial charge in [-0.1, -0.05) is 19.8 Å². The highest BCUT2D eigenvalue weighted by Crippen LogP contribution is 2.37. The average molecular weight is 223 g/mol. The van der Waals surface area contributed by atoms with Crippen molar-refractivity contribution in [3.05, 3.63) is 0 Å². The van der Waals surface area contributed by atoms with Crippen LogP contribution in [0.4, 0.5) is 0 Å². The van der Waals surface area contributed by atoms with Gasteiger partial charge in [0.1, 0.15) is 0 Å². The maximum atomic E-state index is 5.83. The zero-order valence-corrected chi connectivity index (χ0v) is 10.9. The highest BCUT2D eigenvalue weighted by molar-refractivity contribution is 5.01. The Balaban J connectivity index is 2.60. The Bertz CT molecular complexity index is 245. The molecule has 0 aromatic rings. The van der Waals surface area contributed by atoms with Crippen molar-refractivity contribution in [3.63, 3.8) is 0 Å². The number of methoxy groups -OCH3 is 1. The number of hydrogen-bond acceptors (Lipinski definition) is 2. The van der Waals surface area contributed by atoms with E-state index in [0.717, 1.165) is 19.4 Å². The van der Waals surface area contributed by atoms with Gasteiger partial charge >= 0.3 is 0 Å². The summed E-state index contributed by atoms with van der Waals surface area (Å²) in [6.07, 6.45) is 7.06. The average Bonchev–Trinajstić information content (AvgIpc) is 2.78. The van der Waals surface area contributed by atoms with Crippen LogP contribution in [0.2, 0.25) is 0 Å². The third-order valence-corrected chi connectivity index (χ3v) is 3.68. The van der Waals surface area contributed by atoms with E-state index in [1.165, 1.54) is 25.7 Å². The topological polar surface area (TPSA) is 21.3 Å². The summed E-state index contributed by atoms with van der Waals surface area (Å²) in [6, 6.07) is 0.464. The Hall–Kier alpha value is -0.520. The summed E-state index contributed by atoms with van der Waals surface area (Å²) in [5.74, 6) is 6.12. The predicted molar refractivity (Wildman–Crippen MR) is 68.4 cm³/mol. The molecule has 0 amide bonds. The van der Waals surface area contributed by atoms with E-state index in [-0.39, 0.29) is 5.60 Å². The molecule has 1 unspecified atom stereocenters. The van der Waals surface area contributed by atoms with Crippen molar-refractivity contribution in [1.29, 1.82) is 0 Å². The number of hydrogen-bond donors (Lipinski definition) is 1. The van der Waals surface area contributed by atoms with Gasteiger partial charge in [0, 0.05) is 19.6 Å². The molecular weight excluding hydrogens is 198 g/mol. The molecule has 2 nitrogen and oxygen atoms in total. The van der Waals surface area contributed by atoms with Crippen LogP contribution in [-0.4, -0.2) is 25.3 Å². The van der Waals surface area contributed by atoms with Crippen LogP contribution in [0.3, 0.4) is 0 Å². The second-order valence-electron chi connectivity index (χ2n) is 4.55. The Morgan fingerprint density at radius 3 is 2.56 bits per heavy atom. The second-order valence-corrected chi connectivity index (χ2v) is 4.55. The maximum Gasteiger partial charge on any atom is 0.0831 e. The van der Waals surface area contributed by atoms with E-state index in [9.17, 15) is 0 Å². The summed E-state index contributed by atoms with van der Waals surface area (Å²) in [7, 11) is 1.86. The van der Waals surface area contributed by atoms with Crippen LogP contribution in [-0.2, 0) is 4.74 Å². The van der Waals surface area contributed by atoms with Gasteiger partial charge in [-0.2, -0.15) is 0 Å². The minimum Gasteiger partial charge on any atom is -0.377 e. The molecule has 0 saturated heterocycles. The lowest BCUT2D eigenvalue weighted by atomic mass is 9.88. The summed E-state index contributed by atoms with van der Waals surface area (Å²) in [6.45, 7) is 5.08. The van der Waals surface area contributed by atoms with Gasteiger partial charge in [-0.3, -0.25) is 0 Å². The number of likely N-dealkylation sites (N-methyl/N-ethyl adjacent to an activating group) is 1. The molecule has 1 saturated carbocycles. The molecule has 0 aliphatic heterocycles. The van der Waals surface area contributed by atoms with Crippen molar-refractivity contribution in [2.24, 2.45) is 0 Å². The van der Waals surface area contributed by atoms with E-state index in [2.05, 4.69) is 24.1 Å². The van der Waals surface area contributed by atoms with Gasteiger partial charge in [0.25, 0.3) is 0 Å². The lowest BCUT2D eigenvalue weighted by molar-refractivity contribution is -0.0370. The van der Waals surface area contributed by atoms with Crippen LogP contribution in [0.5, 0.6) is 0 Å². The van der Waals surface area contributed by atoms with Crippen LogP contribution in [0.25, 0.3) is 0 Å². The maximum absolute atomic E-state index is 5.83. The number of nitrogens with one attached hydrogen (secondary N) is 1. The monoisotopic (exact) mass is 223 g/mol. The van der Waals surface area contributed by atoms with Crippen LogP contribution in [0.15, 0.2) is 0 Å². The molecule has 0 spiro atoms. The molecule has 0 heterocycles. The third-order valence-electron chi connectivity index (χ3n) is 3.68. The van der Waals surface area contributed by atoms with Gasteiger partial charge in [-0.25, -0.2) is 0 Å². The summed E-state index contributed by atoms with van der Waals surface area (Å²) >= 11 is 0. The van der Waals surface area contributed by atoms with Gasteiger partial charge in [0.15, 0.2) is 0 Å². The lowest BCUT2D eigenvalue weighted by Gasteiger charge is -2.36. The lowest BCUT2D eigenvalue weighted by Crippen LogP contribution is -2.50. The van der Waals surface area contributed by atoms with Gasteiger partial charge in [0.2, 0.25) is 0 Å². The number of ether oxygens (including phenoxy) is 1. The molecule has 1 atom stereocenters. The highest BCUT2D eigenvalue weighted by Gasteiger charge is 2.40. The first-order chi connectivity index (χ1) is 7.79. The minimum absolute atomic E-state index is 0.0748. The normalized spacial score (nSPS) is 20.2. The smallest absolute Gasteiger partial charge is 0.0831 e. The van der Waals surface area contributed by atoms with Crippen molar-refractivity contribution < 1.29 is 4.74 Å². The van der Waals surface area contributed by atoms with Crippen molar-refractivity contribution in [2.45, 2.75) is 64.0 Å². The molecule has 0 aromatic heterocycles. The first kappa shape index (κ1) is 13.5. The Labute approximate surface area is 100 Å². The van der Waals surface area contributed by atoms with Crippen molar-refractivity contribution in [2.75, 3.05) is 13.7 Å². The molecule has 0 radical (unpaired) electrons. The Morgan fingerprint density at radius 2 is 2.06 bits per heavy atom. The zero-order valence-electron chi connectivity index (χ0n) is 10.9. The summed E-state index contributed by atoms with van der Waals surface area (Å²) in [4.78, 5) is 0. The second kappa shape index (κ2) is 6.93. The third kappa shape index (κ3) is 3.23. The van der Waals surface area contributed by atoms with E-state index in [1.54, 1.807) is 0 Å². The molecule has 2 heteroatoms. The molecule has 92 valence electrons. The quantitative estimate of drug-likeness (QED) is 0.699. The van der Waals surface area contributed by atoms with E-state index in [4.69, 9.17) is 4.74 Å². The minimum atomic E-state index is 0.0748.